The highest BCUT2D eigenvalue weighted by Crippen LogP contribution is 2.30. The van der Waals surface area contributed by atoms with Crippen molar-refractivity contribution < 1.29 is 13.5 Å². The summed E-state index contributed by atoms with van der Waals surface area (Å²) in [6.07, 6.45) is -1.12. The van der Waals surface area contributed by atoms with Crippen LogP contribution in [-0.4, -0.2) is 37.1 Å². The summed E-state index contributed by atoms with van der Waals surface area (Å²) < 4.78 is 32.2. The molecule has 1 aromatic rings. The lowest BCUT2D eigenvalue weighted by molar-refractivity contribution is -0.0615. The van der Waals surface area contributed by atoms with Crippen LogP contribution in [0.1, 0.15) is 5.56 Å². The fourth-order valence-corrected chi connectivity index (χ4v) is 1.84. The Morgan fingerprint density at radius 3 is 2.53 bits per heavy atom. The van der Waals surface area contributed by atoms with Gasteiger partial charge in [-0.2, -0.15) is 5.26 Å². The fraction of sp³-hybridized carbons (Fsp3) is 0.417. The zero-order valence-corrected chi connectivity index (χ0v) is 9.36. The number of halogens is 2. The standard InChI is InChI=1S/C12H12F2N2O/c1-16-7-11(12(13,14)8-16)17-10-4-2-9(6-15)3-5-10/h2-5,11H,7-8H2,1H3/t11-/m0/s1. The average Bonchev–Trinajstić information content (AvgIpc) is 2.53. The molecule has 1 aliphatic heterocycles. The van der Waals surface area contributed by atoms with E-state index in [4.69, 9.17) is 10.00 Å². The summed E-state index contributed by atoms with van der Waals surface area (Å²) in [6.45, 7) is -0.0824. The molecule has 0 unspecified atom stereocenters. The van der Waals surface area contributed by atoms with Crippen LogP contribution in [0.25, 0.3) is 0 Å². The topological polar surface area (TPSA) is 36.3 Å². The second-order valence-electron chi connectivity index (χ2n) is 4.20. The van der Waals surface area contributed by atoms with Gasteiger partial charge in [-0.3, -0.25) is 4.90 Å². The van der Waals surface area contributed by atoms with Gasteiger partial charge in [-0.15, -0.1) is 0 Å². The molecule has 17 heavy (non-hydrogen) atoms. The highest BCUT2D eigenvalue weighted by molar-refractivity contribution is 5.34. The van der Waals surface area contributed by atoms with Crippen LogP contribution in [0.3, 0.4) is 0 Å². The van der Waals surface area contributed by atoms with Gasteiger partial charge in [-0.1, -0.05) is 0 Å². The molecule has 0 radical (unpaired) electrons. The average molecular weight is 238 g/mol. The molecule has 0 aliphatic carbocycles. The number of ether oxygens (including phenoxy) is 1. The summed E-state index contributed by atoms with van der Waals surface area (Å²) in [4.78, 5) is 1.54. The van der Waals surface area contributed by atoms with Crippen molar-refractivity contribution in [2.75, 3.05) is 20.1 Å². The summed E-state index contributed by atoms with van der Waals surface area (Å²) in [5.74, 6) is -2.47. The van der Waals surface area contributed by atoms with E-state index in [1.807, 2.05) is 6.07 Å². The summed E-state index contributed by atoms with van der Waals surface area (Å²) in [6, 6.07) is 8.12. The molecule has 0 aromatic heterocycles. The van der Waals surface area contributed by atoms with Gasteiger partial charge in [0.1, 0.15) is 5.75 Å². The highest BCUT2D eigenvalue weighted by Gasteiger charge is 2.48. The molecule has 1 heterocycles. The van der Waals surface area contributed by atoms with Crippen molar-refractivity contribution in [2.24, 2.45) is 0 Å². The minimum absolute atomic E-state index is 0.201. The lowest BCUT2D eigenvalue weighted by atomic mass is 10.2. The molecule has 0 bridgehead atoms. The Hall–Kier alpha value is -1.67. The molecule has 1 fully saturated rings. The third-order valence-corrected chi connectivity index (χ3v) is 2.69. The van der Waals surface area contributed by atoms with Gasteiger partial charge >= 0.3 is 0 Å². The lowest BCUT2D eigenvalue weighted by Gasteiger charge is -2.19. The fourth-order valence-electron chi connectivity index (χ4n) is 1.84. The Balaban J connectivity index is 2.08. The van der Waals surface area contributed by atoms with E-state index < -0.39 is 12.0 Å². The van der Waals surface area contributed by atoms with Gasteiger partial charge in [-0.25, -0.2) is 8.78 Å². The van der Waals surface area contributed by atoms with Crippen LogP contribution in [0, 0.1) is 11.3 Å². The molecule has 0 N–H and O–H groups in total. The Bertz CT molecular complexity index is 439. The van der Waals surface area contributed by atoms with Gasteiger partial charge in [0, 0.05) is 6.54 Å². The first-order valence-corrected chi connectivity index (χ1v) is 5.24. The van der Waals surface area contributed by atoms with Crippen molar-refractivity contribution in [3.63, 3.8) is 0 Å². The minimum atomic E-state index is -2.83. The molecule has 2 rings (SSSR count). The molecule has 1 aliphatic rings. The second kappa shape index (κ2) is 4.30. The Morgan fingerprint density at radius 2 is 2.06 bits per heavy atom. The molecule has 1 aromatic carbocycles. The smallest absolute Gasteiger partial charge is 0.297 e. The molecule has 0 saturated carbocycles. The van der Waals surface area contributed by atoms with Crippen LogP contribution in [0.4, 0.5) is 8.78 Å². The summed E-state index contributed by atoms with van der Waals surface area (Å²) in [5, 5.41) is 8.61. The number of nitrogens with zero attached hydrogens (tertiary/aromatic N) is 2. The number of hydrogen-bond donors (Lipinski definition) is 0. The normalized spacial score (nSPS) is 23.3. The number of alkyl halides is 2. The molecule has 90 valence electrons. The maximum atomic E-state index is 13.5. The summed E-state index contributed by atoms with van der Waals surface area (Å²) in [5.41, 5.74) is 0.479. The van der Waals surface area contributed by atoms with Gasteiger partial charge in [0.05, 0.1) is 18.2 Å². The Labute approximate surface area is 98.2 Å². The van der Waals surface area contributed by atoms with Crippen LogP contribution in [-0.2, 0) is 0 Å². The number of rotatable bonds is 2. The first-order valence-electron chi connectivity index (χ1n) is 5.24. The van der Waals surface area contributed by atoms with Crippen molar-refractivity contribution >= 4 is 0 Å². The van der Waals surface area contributed by atoms with Gasteiger partial charge in [0.25, 0.3) is 5.92 Å². The van der Waals surface area contributed by atoms with Crippen LogP contribution in [0.5, 0.6) is 5.75 Å². The zero-order chi connectivity index (χ0) is 12.5. The van der Waals surface area contributed by atoms with Gasteiger partial charge in [0.15, 0.2) is 6.10 Å². The van der Waals surface area contributed by atoms with Crippen LogP contribution < -0.4 is 4.74 Å². The van der Waals surface area contributed by atoms with Crippen molar-refractivity contribution in [1.82, 2.24) is 4.90 Å². The van der Waals surface area contributed by atoms with E-state index in [1.54, 1.807) is 19.2 Å². The second-order valence-corrected chi connectivity index (χ2v) is 4.20. The molecule has 1 saturated heterocycles. The van der Waals surface area contributed by atoms with E-state index in [9.17, 15) is 8.78 Å². The van der Waals surface area contributed by atoms with E-state index in [1.165, 1.54) is 17.0 Å². The number of nitriles is 1. The highest BCUT2D eigenvalue weighted by atomic mass is 19.3. The Morgan fingerprint density at radius 1 is 1.41 bits per heavy atom. The molecular formula is C12H12F2N2O. The minimum Gasteiger partial charge on any atom is -0.483 e. The molecule has 0 amide bonds. The first-order chi connectivity index (χ1) is 8.01. The zero-order valence-electron chi connectivity index (χ0n) is 9.36. The number of hydrogen-bond acceptors (Lipinski definition) is 3. The van der Waals surface area contributed by atoms with E-state index in [-0.39, 0.29) is 13.1 Å². The third-order valence-electron chi connectivity index (χ3n) is 2.69. The molecule has 1 atom stereocenters. The largest absolute Gasteiger partial charge is 0.483 e. The Kier molecular flexibility index (Phi) is 2.99. The molecule has 5 heteroatoms. The number of benzene rings is 1. The number of likely N-dealkylation sites (tertiary alicyclic amines) is 1. The molecule has 0 spiro atoms. The van der Waals surface area contributed by atoms with Crippen molar-refractivity contribution in [3.05, 3.63) is 29.8 Å². The monoisotopic (exact) mass is 238 g/mol. The van der Waals surface area contributed by atoms with Crippen molar-refractivity contribution in [2.45, 2.75) is 12.0 Å². The first kappa shape index (κ1) is 11.8. The van der Waals surface area contributed by atoms with Gasteiger partial charge in [0.2, 0.25) is 0 Å². The van der Waals surface area contributed by atoms with E-state index in [0.29, 0.717) is 11.3 Å². The SMILES string of the molecule is CN1C[C@H](Oc2ccc(C#N)cc2)C(F)(F)C1. The van der Waals surface area contributed by atoms with E-state index >= 15 is 0 Å². The summed E-state index contributed by atoms with van der Waals surface area (Å²) in [7, 11) is 1.63. The number of likely N-dealkylation sites (N-methyl/N-ethyl adjacent to an activating group) is 1. The van der Waals surface area contributed by atoms with Crippen LogP contribution >= 0.6 is 0 Å². The van der Waals surface area contributed by atoms with E-state index in [2.05, 4.69) is 0 Å². The molecule has 3 nitrogen and oxygen atoms in total. The van der Waals surface area contributed by atoms with Gasteiger partial charge in [-0.05, 0) is 31.3 Å². The van der Waals surface area contributed by atoms with Crippen molar-refractivity contribution in [1.29, 1.82) is 5.26 Å². The van der Waals surface area contributed by atoms with E-state index in [0.717, 1.165) is 0 Å². The van der Waals surface area contributed by atoms with Crippen LogP contribution in [0.2, 0.25) is 0 Å². The van der Waals surface area contributed by atoms with Crippen molar-refractivity contribution in [3.8, 4) is 11.8 Å². The summed E-state index contributed by atoms with van der Waals surface area (Å²) >= 11 is 0. The van der Waals surface area contributed by atoms with Gasteiger partial charge < -0.3 is 4.74 Å². The lowest BCUT2D eigenvalue weighted by Crippen LogP contribution is -2.36. The quantitative estimate of drug-likeness (QED) is 0.789. The maximum absolute atomic E-state index is 13.5. The maximum Gasteiger partial charge on any atom is 0.297 e. The predicted molar refractivity (Wildman–Crippen MR) is 58.0 cm³/mol. The third kappa shape index (κ3) is 2.53. The molecular weight excluding hydrogens is 226 g/mol. The van der Waals surface area contributed by atoms with Crippen LogP contribution in [0.15, 0.2) is 24.3 Å². The predicted octanol–water partition coefficient (Wildman–Crippen LogP) is 1.89.